The fourth-order valence-corrected chi connectivity index (χ4v) is 15.7. The molecule has 496 valence electrons. The van der Waals surface area contributed by atoms with Gasteiger partial charge in [0.05, 0.1) is 22.1 Å². The first kappa shape index (κ1) is 62.7. The van der Waals surface area contributed by atoms with Crippen molar-refractivity contribution in [3.8, 4) is 57.4 Å². The number of ether oxygens (including phenoxy) is 2. The van der Waals surface area contributed by atoms with Crippen LogP contribution < -0.4 is 62.7 Å². The number of nitrogens with one attached hydrogen (secondary N) is 2. The van der Waals surface area contributed by atoms with E-state index in [-0.39, 0.29) is 13.4 Å². The number of para-hydroxylation sites is 8. The number of nitrogens with zero attached hydrogens (tertiary/aromatic N) is 8. The molecule has 15 heteroatoms. The highest BCUT2D eigenvalue weighted by molar-refractivity contribution is 14.1. The number of hydrogen-bond acceptors (Lipinski definition) is 10. The number of pyridine rings is 2. The van der Waals surface area contributed by atoms with E-state index in [1.54, 1.807) is 12.4 Å². The Bertz CT molecular complexity index is 6070. The van der Waals surface area contributed by atoms with E-state index in [1.807, 2.05) is 72.8 Å². The van der Waals surface area contributed by atoms with Crippen LogP contribution in [0.3, 0.4) is 0 Å². The molecule has 12 nitrogen and oxygen atoms in total. The Morgan fingerprint density at radius 1 is 0.305 bits per heavy atom. The molecule has 4 aliphatic rings. The molecule has 0 unspecified atom stereocenters. The lowest BCUT2D eigenvalue weighted by Gasteiger charge is -2.44. The van der Waals surface area contributed by atoms with E-state index in [2.05, 4.69) is 335 Å². The van der Waals surface area contributed by atoms with Crippen LogP contribution in [0, 0.1) is 3.57 Å². The first-order valence-corrected chi connectivity index (χ1v) is 36.1. The van der Waals surface area contributed by atoms with Gasteiger partial charge in [0.25, 0.3) is 13.4 Å². The van der Waals surface area contributed by atoms with Crippen LogP contribution in [0.2, 0.25) is 0 Å². The largest absolute Gasteiger partial charge is 0.439 e. The quantitative estimate of drug-likeness (QED) is 0.101. The van der Waals surface area contributed by atoms with Crippen LogP contribution in [0.1, 0.15) is 0 Å². The molecular weight excluding hydrogens is 1400 g/mol. The molecule has 4 aromatic heterocycles. The van der Waals surface area contributed by atoms with Crippen LogP contribution in [0.15, 0.2) is 358 Å². The van der Waals surface area contributed by atoms with Gasteiger partial charge >= 0.3 is 0 Å². The molecule has 17 aromatic rings. The number of fused-ring (bicyclic) bond motifs is 10. The molecule has 105 heavy (non-hydrogen) atoms. The maximum absolute atomic E-state index is 6.43. The molecular formula is C90H61B2IN10O2. The summed E-state index contributed by atoms with van der Waals surface area (Å²) >= 11 is 2.28. The van der Waals surface area contributed by atoms with E-state index in [4.69, 9.17) is 19.4 Å². The van der Waals surface area contributed by atoms with Crippen molar-refractivity contribution < 1.29 is 9.47 Å². The zero-order valence-corrected chi connectivity index (χ0v) is 58.6. The molecule has 13 aromatic carbocycles. The summed E-state index contributed by atoms with van der Waals surface area (Å²) in [4.78, 5) is 24.1. The van der Waals surface area contributed by atoms with Crippen LogP contribution in [0.4, 0.5) is 56.9 Å². The highest BCUT2D eigenvalue weighted by atomic mass is 127. The molecule has 0 spiro atoms. The molecule has 0 bridgehead atoms. The number of benzene rings is 13. The van der Waals surface area contributed by atoms with Gasteiger partial charge in [-0.2, -0.15) is 0 Å². The zero-order chi connectivity index (χ0) is 69.7. The van der Waals surface area contributed by atoms with E-state index in [0.29, 0.717) is 11.8 Å². The molecule has 2 N–H and O–H groups in total. The molecule has 0 atom stereocenters. The molecule has 0 fully saturated rings. The highest BCUT2D eigenvalue weighted by Crippen LogP contribution is 2.46. The summed E-state index contributed by atoms with van der Waals surface area (Å²) in [5.41, 5.74) is 26.6. The monoisotopic (exact) mass is 1460 g/mol. The second-order valence-electron chi connectivity index (χ2n) is 26.0. The SMILES string of the molecule is Ic1ccccc1.c1ccc(-n2c(-c3ccc4c(c3)B3c5cc(Oc6ccccn6)ccc5Nc5cccc(c53)N4)nc3ccccc32)cc1.c1ccc(N2c3ccc(Oc4ccccn4)cc3B3c4cc(-c5nc6ccccc6n5-c5ccccc5)ccc4N(c4ccccc4)c4cccc2c43)cc1. The van der Waals surface area contributed by atoms with E-state index >= 15 is 0 Å². The van der Waals surface area contributed by atoms with Crippen LogP contribution in [-0.4, -0.2) is 42.5 Å². The van der Waals surface area contributed by atoms with Gasteiger partial charge in [-0.25, -0.2) is 19.9 Å². The molecule has 0 aliphatic carbocycles. The van der Waals surface area contributed by atoms with Crippen molar-refractivity contribution in [1.82, 2.24) is 29.1 Å². The number of anilines is 10. The van der Waals surface area contributed by atoms with Gasteiger partial charge in [-0.05, 0) is 237 Å². The van der Waals surface area contributed by atoms with Gasteiger partial charge in [0.2, 0.25) is 11.8 Å². The number of halogens is 1. The summed E-state index contributed by atoms with van der Waals surface area (Å²) in [5.74, 6) is 4.42. The topological polar surface area (TPSA) is 110 Å². The highest BCUT2D eigenvalue weighted by Gasteiger charge is 2.44. The summed E-state index contributed by atoms with van der Waals surface area (Å²) in [7, 11) is 0. The average molecular weight is 1460 g/mol. The Hall–Kier alpha value is -13.2. The molecule has 0 radical (unpaired) electrons. The molecule has 0 amide bonds. The van der Waals surface area contributed by atoms with Gasteiger partial charge in [-0.1, -0.05) is 152 Å². The van der Waals surface area contributed by atoms with Crippen molar-refractivity contribution in [2.75, 3.05) is 20.4 Å². The minimum Gasteiger partial charge on any atom is -0.439 e. The Balaban J connectivity index is 0.000000135. The molecule has 0 saturated heterocycles. The fourth-order valence-electron chi connectivity index (χ4n) is 15.3. The Morgan fingerprint density at radius 3 is 1.21 bits per heavy atom. The number of imidazole rings is 2. The number of hydrogen-bond donors (Lipinski definition) is 2. The zero-order valence-electron chi connectivity index (χ0n) is 56.5. The van der Waals surface area contributed by atoms with Crippen molar-refractivity contribution in [1.29, 1.82) is 0 Å². The van der Waals surface area contributed by atoms with E-state index in [9.17, 15) is 0 Å². The van der Waals surface area contributed by atoms with Gasteiger partial charge in [0.1, 0.15) is 23.1 Å². The third-order valence-corrected chi connectivity index (χ3v) is 20.5. The molecule has 0 saturated carbocycles. The average Bonchev–Trinajstić information content (AvgIpc) is 1.43. The number of aromatic nitrogens is 6. The molecule has 4 aliphatic heterocycles. The van der Waals surface area contributed by atoms with Crippen LogP contribution in [0.25, 0.3) is 56.2 Å². The van der Waals surface area contributed by atoms with Crippen molar-refractivity contribution in [3.05, 3.63) is 362 Å². The summed E-state index contributed by atoms with van der Waals surface area (Å²) in [6, 6.07) is 120. The van der Waals surface area contributed by atoms with Gasteiger partial charge in [-0.15, -0.1) is 0 Å². The Labute approximate surface area is 621 Å². The van der Waals surface area contributed by atoms with Crippen molar-refractivity contribution in [2.24, 2.45) is 0 Å². The minimum absolute atomic E-state index is 0.000450. The summed E-state index contributed by atoms with van der Waals surface area (Å²) in [6.07, 6.45) is 3.50. The van der Waals surface area contributed by atoms with Crippen molar-refractivity contribution >= 4 is 148 Å². The third-order valence-electron chi connectivity index (χ3n) is 19.7. The predicted molar refractivity (Wildman–Crippen MR) is 439 cm³/mol. The summed E-state index contributed by atoms with van der Waals surface area (Å²) in [5, 5.41) is 7.38. The second-order valence-corrected chi connectivity index (χ2v) is 27.3. The third kappa shape index (κ3) is 11.6. The lowest BCUT2D eigenvalue weighted by atomic mass is 9.33. The summed E-state index contributed by atoms with van der Waals surface area (Å²) < 4.78 is 18.4. The standard InChI is InChI=1S/C48H32BN5O.C36H24BN5O.C6H5I/c1-4-15-34(16-5-1)52-41-28-26-33(48-51-40-21-10-11-22-43(40)54(48)36-19-8-3-9-20-36)31-38(41)49-39-32-37(55-46-25-12-13-30-50-46)27-29-42(39)53(35-17-6-2-7-18-35)45-24-14-23-44(52)47(45)49;1-2-9-24(10-3-1)42-33-14-5-4-11-30(33)41-36(42)23-16-18-28-26(21-23)37-27-22-25(43-34-15-6-7-20-38-34)17-19-29(27)40-32-13-8-12-31(39-28)35(32)37;7-6-4-2-1-3-5-6/h1-32H;1-22,39-40H;1-5H. The van der Waals surface area contributed by atoms with Crippen LogP contribution in [-0.2, 0) is 0 Å². The van der Waals surface area contributed by atoms with Crippen LogP contribution >= 0.6 is 22.6 Å². The Morgan fingerprint density at radius 2 is 0.705 bits per heavy atom. The minimum atomic E-state index is -0.113. The van der Waals surface area contributed by atoms with E-state index < -0.39 is 0 Å². The fraction of sp³-hybridized carbons (Fsp3) is 0. The van der Waals surface area contributed by atoms with Gasteiger partial charge in [0, 0.05) is 107 Å². The normalized spacial score (nSPS) is 12.3. The van der Waals surface area contributed by atoms with E-state index in [1.165, 1.54) is 25.4 Å². The first-order valence-electron chi connectivity index (χ1n) is 35.0. The van der Waals surface area contributed by atoms with Crippen molar-refractivity contribution in [2.45, 2.75) is 0 Å². The van der Waals surface area contributed by atoms with Gasteiger partial charge < -0.3 is 29.9 Å². The second kappa shape index (κ2) is 26.9. The van der Waals surface area contributed by atoms with Crippen molar-refractivity contribution in [3.63, 3.8) is 0 Å². The van der Waals surface area contributed by atoms with Crippen LogP contribution in [0.5, 0.6) is 23.3 Å². The number of rotatable bonds is 10. The maximum Gasteiger partial charge on any atom is 0.252 e. The smallest absolute Gasteiger partial charge is 0.252 e. The Kier molecular flexibility index (Phi) is 16.1. The first-order chi connectivity index (χ1) is 52.0. The van der Waals surface area contributed by atoms with Gasteiger partial charge in [0.15, 0.2) is 0 Å². The van der Waals surface area contributed by atoms with E-state index in [0.717, 1.165) is 136 Å². The molecule has 8 heterocycles. The summed E-state index contributed by atoms with van der Waals surface area (Å²) in [6.45, 7) is -0.113. The van der Waals surface area contributed by atoms with Gasteiger partial charge in [-0.3, -0.25) is 9.13 Å². The lowest BCUT2D eigenvalue weighted by molar-refractivity contribution is 0.463. The molecule has 21 rings (SSSR count). The predicted octanol–water partition coefficient (Wildman–Crippen LogP) is 18.8. The maximum atomic E-state index is 6.43. The lowest BCUT2D eigenvalue weighted by Crippen LogP contribution is -2.61.